The molecular weight excluding hydrogens is 295 g/mol. The van der Waals surface area contributed by atoms with Gasteiger partial charge in [0.05, 0.1) is 5.56 Å². The third kappa shape index (κ3) is 4.07. The van der Waals surface area contributed by atoms with Crippen molar-refractivity contribution in [2.75, 3.05) is 6.54 Å². The van der Waals surface area contributed by atoms with Gasteiger partial charge in [-0.2, -0.15) is 35.8 Å². The molecule has 0 aliphatic heterocycles. The fourth-order valence-electron chi connectivity index (χ4n) is 1.59. The largest absolute Gasteiger partial charge is 0.406 e. The first-order valence-corrected chi connectivity index (χ1v) is 7.23. The van der Waals surface area contributed by atoms with Gasteiger partial charge in [-0.3, -0.25) is 4.79 Å². The SMILES string of the molecule is O=C(c1ccsc1)N(Cc1ccsc1)CC(F)(F)F. The predicted octanol–water partition coefficient (Wildman–Crippen LogP) is 4.01. The maximum atomic E-state index is 12.5. The number of halogens is 3. The van der Waals surface area contributed by atoms with Crippen LogP contribution in [0.15, 0.2) is 33.7 Å². The lowest BCUT2D eigenvalue weighted by Crippen LogP contribution is -2.38. The van der Waals surface area contributed by atoms with Crippen molar-refractivity contribution in [1.82, 2.24) is 4.90 Å². The minimum atomic E-state index is -4.40. The van der Waals surface area contributed by atoms with Gasteiger partial charge >= 0.3 is 6.18 Å². The number of carbonyl (C=O) groups is 1. The second-order valence-corrected chi connectivity index (χ2v) is 5.48. The van der Waals surface area contributed by atoms with Gasteiger partial charge in [-0.1, -0.05) is 0 Å². The summed E-state index contributed by atoms with van der Waals surface area (Å²) in [5, 5.41) is 6.74. The van der Waals surface area contributed by atoms with Crippen molar-refractivity contribution in [3.63, 3.8) is 0 Å². The van der Waals surface area contributed by atoms with Crippen LogP contribution in [0.1, 0.15) is 15.9 Å². The number of carbonyl (C=O) groups excluding carboxylic acids is 1. The molecule has 0 fully saturated rings. The van der Waals surface area contributed by atoms with Crippen molar-refractivity contribution >= 4 is 28.6 Å². The molecule has 102 valence electrons. The van der Waals surface area contributed by atoms with Gasteiger partial charge in [-0.25, -0.2) is 0 Å². The molecule has 1 amide bonds. The van der Waals surface area contributed by atoms with E-state index in [1.54, 1.807) is 27.6 Å². The van der Waals surface area contributed by atoms with Gasteiger partial charge in [-0.15, -0.1) is 0 Å². The van der Waals surface area contributed by atoms with Crippen molar-refractivity contribution in [1.29, 1.82) is 0 Å². The summed E-state index contributed by atoms with van der Waals surface area (Å²) in [5.74, 6) is -0.593. The van der Waals surface area contributed by atoms with Gasteiger partial charge in [0.1, 0.15) is 6.54 Å². The lowest BCUT2D eigenvalue weighted by atomic mass is 10.2. The van der Waals surface area contributed by atoms with Crippen LogP contribution in [0, 0.1) is 0 Å². The van der Waals surface area contributed by atoms with Crippen molar-refractivity contribution in [2.45, 2.75) is 12.7 Å². The lowest BCUT2D eigenvalue weighted by molar-refractivity contribution is -0.141. The molecule has 0 aliphatic rings. The quantitative estimate of drug-likeness (QED) is 0.835. The van der Waals surface area contributed by atoms with E-state index in [0.717, 1.165) is 4.90 Å². The Morgan fingerprint density at radius 1 is 1.16 bits per heavy atom. The Kier molecular flexibility index (Phi) is 4.26. The molecule has 0 radical (unpaired) electrons. The molecule has 0 N–H and O–H groups in total. The minimum absolute atomic E-state index is 0.0301. The van der Waals surface area contributed by atoms with Crippen molar-refractivity contribution in [2.24, 2.45) is 0 Å². The molecule has 7 heteroatoms. The van der Waals surface area contributed by atoms with Crippen molar-refractivity contribution < 1.29 is 18.0 Å². The van der Waals surface area contributed by atoms with E-state index >= 15 is 0 Å². The molecule has 0 unspecified atom stereocenters. The van der Waals surface area contributed by atoms with Gasteiger partial charge in [-0.05, 0) is 33.8 Å². The summed E-state index contributed by atoms with van der Waals surface area (Å²) in [4.78, 5) is 12.9. The van der Waals surface area contributed by atoms with Gasteiger partial charge in [0.2, 0.25) is 0 Å². The first-order chi connectivity index (χ1) is 8.96. The van der Waals surface area contributed by atoms with Crippen LogP contribution < -0.4 is 0 Å². The van der Waals surface area contributed by atoms with Crippen molar-refractivity contribution in [3.05, 3.63) is 44.8 Å². The maximum Gasteiger partial charge on any atom is 0.406 e. The molecule has 2 nitrogen and oxygen atoms in total. The number of hydrogen-bond donors (Lipinski definition) is 0. The highest BCUT2D eigenvalue weighted by atomic mass is 32.1. The fraction of sp³-hybridized carbons (Fsp3) is 0.250. The maximum absolute atomic E-state index is 12.5. The summed E-state index contributed by atoms with van der Waals surface area (Å²) in [7, 11) is 0. The topological polar surface area (TPSA) is 20.3 Å². The molecule has 2 rings (SSSR count). The molecule has 0 aromatic carbocycles. The highest BCUT2D eigenvalue weighted by Gasteiger charge is 2.33. The van der Waals surface area contributed by atoms with E-state index in [-0.39, 0.29) is 6.54 Å². The summed E-state index contributed by atoms with van der Waals surface area (Å²) in [6.45, 7) is -1.27. The van der Waals surface area contributed by atoms with E-state index in [2.05, 4.69) is 0 Å². The van der Waals surface area contributed by atoms with E-state index < -0.39 is 18.6 Å². The molecule has 0 atom stereocenters. The Bertz CT molecular complexity index is 520. The van der Waals surface area contributed by atoms with Crippen LogP contribution in [0.4, 0.5) is 13.2 Å². The monoisotopic (exact) mass is 305 g/mol. The normalized spacial score (nSPS) is 11.5. The highest BCUT2D eigenvalue weighted by Crippen LogP contribution is 2.21. The first kappa shape index (κ1) is 14.1. The molecule has 0 spiro atoms. The van der Waals surface area contributed by atoms with E-state index in [1.165, 1.54) is 28.7 Å². The molecule has 0 aliphatic carbocycles. The fourth-order valence-corrected chi connectivity index (χ4v) is 2.88. The molecule has 0 saturated heterocycles. The average Bonchev–Trinajstić information content (AvgIpc) is 2.98. The van der Waals surface area contributed by atoms with Crippen molar-refractivity contribution in [3.8, 4) is 0 Å². The van der Waals surface area contributed by atoms with Gasteiger partial charge in [0.15, 0.2) is 0 Å². The standard InChI is InChI=1S/C12H10F3NOS2/c13-12(14,15)8-16(5-9-1-3-18-6-9)11(17)10-2-4-19-7-10/h1-4,6-7H,5,8H2. The number of alkyl halides is 3. The Balaban J connectivity index is 2.16. The van der Waals surface area contributed by atoms with Gasteiger partial charge < -0.3 is 4.90 Å². The third-order valence-electron chi connectivity index (χ3n) is 2.38. The Morgan fingerprint density at radius 3 is 2.37 bits per heavy atom. The summed E-state index contributed by atoms with van der Waals surface area (Å²) < 4.78 is 37.6. The molecule has 0 saturated carbocycles. The second-order valence-electron chi connectivity index (χ2n) is 3.92. The summed E-state index contributed by atoms with van der Waals surface area (Å²) >= 11 is 2.68. The summed E-state index contributed by atoms with van der Waals surface area (Å²) in [5.41, 5.74) is 1.00. The zero-order valence-corrected chi connectivity index (χ0v) is 11.3. The van der Waals surface area contributed by atoms with Crippen LogP contribution >= 0.6 is 22.7 Å². The van der Waals surface area contributed by atoms with Crippen LogP contribution in [-0.4, -0.2) is 23.5 Å². The van der Waals surface area contributed by atoms with Crippen LogP contribution in [0.5, 0.6) is 0 Å². The average molecular weight is 305 g/mol. The van der Waals surface area contributed by atoms with E-state index in [1.807, 2.05) is 0 Å². The zero-order valence-electron chi connectivity index (χ0n) is 9.68. The Hall–Kier alpha value is -1.34. The second kappa shape index (κ2) is 5.75. The number of thiophene rings is 2. The first-order valence-electron chi connectivity index (χ1n) is 5.35. The number of nitrogens with zero attached hydrogens (tertiary/aromatic N) is 1. The lowest BCUT2D eigenvalue weighted by Gasteiger charge is -2.23. The summed E-state index contributed by atoms with van der Waals surface area (Å²) in [6.07, 6.45) is -4.40. The minimum Gasteiger partial charge on any atom is -0.325 e. The van der Waals surface area contributed by atoms with Crippen LogP contribution in [-0.2, 0) is 6.54 Å². The predicted molar refractivity (Wildman–Crippen MR) is 69.4 cm³/mol. The van der Waals surface area contributed by atoms with Crippen LogP contribution in [0.25, 0.3) is 0 Å². The van der Waals surface area contributed by atoms with Gasteiger partial charge in [0.25, 0.3) is 5.91 Å². The van der Waals surface area contributed by atoms with Gasteiger partial charge in [0, 0.05) is 11.9 Å². The van der Waals surface area contributed by atoms with Crippen LogP contribution in [0.3, 0.4) is 0 Å². The number of amides is 1. The van der Waals surface area contributed by atoms with E-state index in [4.69, 9.17) is 0 Å². The highest BCUT2D eigenvalue weighted by molar-refractivity contribution is 7.08. The van der Waals surface area contributed by atoms with E-state index in [9.17, 15) is 18.0 Å². The molecule has 2 aromatic heterocycles. The molecule has 2 heterocycles. The molecule has 19 heavy (non-hydrogen) atoms. The Labute approximate surface area is 116 Å². The number of rotatable bonds is 4. The van der Waals surface area contributed by atoms with Crippen LogP contribution in [0.2, 0.25) is 0 Å². The smallest absolute Gasteiger partial charge is 0.325 e. The molecule has 2 aromatic rings. The molecule has 0 bridgehead atoms. The zero-order chi connectivity index (χ0) is 13.9. The summed E-state index contributed by atoms with van der Waals surface area (Å²) in [6, 6.07) is 3.25. The molecular formula is C12H10F3NOS2. The van der Waals surface area contributed by atoms with E-state index in [0.29, 0.717) is 11.1 Å². The Morgan fingerprint density at radius 2 is 1.84 bits per heavy atom. The third-order valence-corrected chi connectivity index (χ3v) is 3.79. The number of hydrogen-bond acceptors (Lipinski definition) is 3.